The number of hydrogen-bond donors (Lipinski definition) is 1. The van der Waals surface area contributed by atoms with E-state index in [0.29, 0.717) is 0 Å². The van der Waals surface area contributed by atoms with Crippen molar-refractivity contribution in [3.8, 4) is 0 Å². The molecule has 0 radical (unpaired) electrons. The van der Waals surface area contributed by atoms with Gasteiger partial charge in [-0.25, -0.2) is 0 Å². The van der Waals surface area contributed by atoms with Gasteiger partial charge in [-0.3, -0.25) is 0 Å². The maximum atomic E-state index is 8.17. The van der Waals surface area contributed by atoms with Crippen molar-refractivity contribution >= 4 is 6.21 Å². The highest BCUT2D eigenvalue weighted by atomic mass is 16.4. The van der Waals surface area contributed by atoms with E-state index in [0.717, 1.165) is 12.3 Å². The molecule has 64 valence electrons. The molecular weight excluding hydrogens is 138 g/mol. The maximum absolute atomic E-state index is 8.17. The monoisotopic (exact) mass is 155 g/mol. The van der Waals surface area contributed by atoms with E-state index < -0.39 is 0 Å². The Bertz CT molecular complexity index is 117. The van der Waals surface area contributed by atoms with Crippen molar-refractivity contribution in [2.45, 2.75) is 44.9 Å². The molecule has 1 rings (SSSR count). The van der Waals surface area contributed by atoms with E-state index in [1.165, 1.54) is 38.5 Å². The summed E-state index contributed by atoms with van der Waals surface area (Å²) in [6, 6.07) is 0. The molecule has 0 amide bonds. The summed E-state index contributed by atoms with van der Waals surface area (Å²) in [6.45, 7) is 0. The van der Waals surface area contributed by atoms with Crippen LogP contribution in [0.25, 0.3) is 0 Å². The molecule has 2 heteroatoms. The van der Waals surface area contributed by atoms with Crippen molar-refractivity contribution in [2.75, 3.05) is 0 Å². The van der Waals surface area contributed by atoms with Gasteiger partial charge in [0, 0.05) is 6.21 Å². The summed E-state index contributed by atoms with van der Waals surface area (Å²) in [4.78, 5) is 0. The van der Waals surface area contributed by atoms with Gasteiger partial charge in [0.25, 0.3) is 0 Å². The molecule has 1 aliphatic rings. The fourth-order valence-electron chi connectivity index (χ4n) is 1.84. The van der Waals surface area contributed by atoms with Gasteiger partial charge in [-0.05, 0) is 18.8 Å². The van der Waals surface area contributed by atoms with E-state index in [9.17, 15) is 0 Å². The second kappa shape index (κ2) is 5.16. The van der Waals surface area contributed by atoms with E-state index in [1.54, 1.807) is 6.21 Å². The van der Waals surface area contributed by atoms with Crippen molar-refractivity contribution in [1.29, 1.82) is 0 Å². The van der Waals surface area contributed by atoms with Crippen LogP contribution in [-0.2, 0) is 0 Å². The normalized spacial score (nSPS) is 21.1. The summed E-state index contributed by atoms with van der Waals surface area (Å²) in [5.74, 6) is 0.904. The predicted octanol–water partition coefficient (Wildman–Crippen LogP) is 2.81. The van der Waals surface area contributed by atoms with Crippen molar-refractivity contribution in [2.24, 2.45) is 11.1 Å². The van der Waals surface area contributed by atoms with Crippen molar-refractivity contribution < 1.29 is 5.21 Å². The molecule has 0 heterocycles. The minimum atomic E-state index is 0.904. The van der Waals surface area contributed by atoms with Gasteiger partial charge in [0.2, 0.25) is 0 Å². The van der Waals surface area contributed by atoms with Crippen LogP contribution < -0.4 is 0 Å². The molecule has 2 nitrogen and oxygen atoms in total. The molecule has 0 atom stereocenters. The fourth-order valence-corrected chi connectivity index (χ4v) is 1.84. The van der Waals surface area contributed by atoms with Crippen LogP contribution in [0.3, 0.4) is 0 Å². The molecule has 0 aromatic carbocycles. The van der Waals surface area contributed by atoms with Gasteiger partial charge in [0.05, 0.1) is 0 Å². The number of nitrogens with zero attached hydrogens (tertiary/aromatic N) is 1. The fraction of sp³-hybridized carbons (Fsp3) is 0.889. The summed E-state index contributed by atoms with van der Waals surface area (Å²) >= 11 is 0. The average Bonchev–Trinajstić information content (AvgIpc) is 2.07. The molecular formula is C9H17NO. The topological polar surface area (TPSA) is 32.6 Å². The minimum absolute atomic E-state index is 0.904. The summed E-state index contributed by atoms with van der Waals surface area (Å²) in [6.07, 6.45) is 10.8. The van der Waals surface area contributed by atoms with Gasteiger partial charge in [-0.15, -0.1) is 5.16 Å². The zero-order valence-corrected chi connectivity index (χ0v) is 7.00. The van der Waals surface area contributed by atoms with E-state index in [4.69, 9.17) is 5.21 Å². The Hall–Kier alpha value is -0.530. The summed E-state index contributed by atoms with van der Waals surface area (Å²) in [7, 11) is 0. The van der Waals surface area contributed by atoms with Crippen LogP contribution in [-0.4, -0.2) is 11.4 Å². The molecule has 11 heavy (non-hydrogen) atoms. The third-order valence-corrected chi connectivity index (χ3v) is 2.51. The van der Waals surface area contributed by atoms with Crippen LogP contribution in [0.15, 0.2) is 5.16 Å². The molecule has 0 aliphatic heterocycles. The molecule has 1 N–H and O–H groups in total. The van der Waals surface area contributed by atoms with Crippen molar-refractivity contribution in [3.05, 3.63) is 0 Å². The zero-order chi connectivity index (χ0) is 7.94. The second-order valence-electron chi connectivity index (χ2n) is 3.38. The molecule has 1 fully saturated rings. The molecule has 0 saturated heterocycles. The third-order valence-electron chi connectivity index (χ3n) is 2.51. The van der Waals surface area contributed by atoms with Gasteiger partial charge in [0.15, 0.2) is 0 Å². The first-order valence-electron chi connectivity index (χ1n) is 4.59. The Morgan fingerprint density at radius 1 is 1.27 bits per heavy atom. The molecule has 1 aliphatic carbocycles. The molecule has 0 spiro atoms. The Kier molecular flexibility index (Phi) is 4.02. The van der Waals surface area contributed by atoms with Gasteiger partial charge in [0.1, 0.15) is 0 Å². The highest BCUT2D eigenvalue weighted by molar-refractivity contribution is 5.55. The molecule has 1 saturated carbocycles. The van der Waals surface area contributed by atoms with E-state index >= 15 is 0 Å². The Morgan fingerprint density at radius 3 is 2.64 bits per heavy atom. The van der Waals surface area contributed by atoms with Gasteiger partial charge < -0.3 is 5.21 Å². The summed E-state index contributed by atoms with van der Waals surface area (Å²) in [5, 5.41) is 11.2. The maximum Gasteiger partial charge on any atom is 0.0436 e. The Morgan fingerprint density at radius 2 is 2.00 bits per heavy atom. The first kappa shape index (κ1) is 8.57. The van der Waals surface area contributed by atoms with Crippen LogP contribution >= 0.6 is 0 Å². The Balaban J connectivity index is 2.04. The first-order valence-corrected chi connectivity index (χ1v) is 4.59. The summed E-state index contributed by atoms with van der Waals surface area (Å²) < 4.78 is 0. The van der Waals surface area contributed by atoms with Gasteiger partial charge >= 0.3 is 0 Å². The quantitative estimate of drug-likeness (QED) is 0.379. The van der Waals surface area contributed by atoms with Crippen LogP contribution in [0.1, 0.15) is 44.9 Å². The number of rotatable bonds is 3. The highest BCUT2D eigenvalue weighted by Crippen LogP contribution is 2.26. The number of oxime groups is 1. The number of hydrogen-bond acceptors (Lipinski definition) is 2. The average molecular weight is 155 g/mol. The lowest BCUT2D eigenvalue weighted by molar-refractivity contribution is 0.316. The largest absolute Gasteiger partial charge is 0.411 e. The lowest BCUT2D eigenvalue weighted by Crippen LogP contribution is -2.05. The Labute approximate surface area is 68.3 Å². The van der Waals surface area contributed by atoms with E-state index in [2.05, 4.69) is 5.16 Å². The molecule has 0 aromatic heterocycles. The van der Waals surface area contributed by atoms with Gasteiger partial charge in [-0.1, -0.05) is 32.1 Å². The van der Waals surface area contributed by atoms with Crippen LogP contribution in [0, 0.1) is 5.92 Å². The molecule has 0 bridgehead atoms. The molecule has 0 aromatic rings. The van der Waals surface area contributed by atoms with Crippen molar-refractivity contribution in [3.63, 3.8) is 0 Å². The highest BCUT2D eigenvalue weighted by Gasteiger charge is 2.11. The summed E-state index contributed by atoms with van der Waals surface area (Å²) in [5.41, 5.74) is 0. The van der Waals surface area contributed by atoms with Gasteiger partial charge in [-0.2, -0.15) is 0 Å². The van der Waals surface area contributed by atoms with Crippen molar-refractivity contribution in [1.82, 2.24) is 0 Å². The zero-order valence-electron chi connectivity index (χ0n) is 7.00. The minimum Gasteiger partial charge on any atom is -0.411 e. The van der Waals surface area contributed by atoms with Crippen LogP contribution in [0.5, 0.6) is 0 Å². The lowest BCUT2D eigenvalue weighted by Gasteiger charge is -2.20. The van der Waals surface area contributed by atoms with E-state index in [1.807, 2.05) is 0 Å². The standard InChI is InChI=1S/C9H17NO/c11-10-8-4-7-9-5-2-1-3-6-9/h8-9,11H,1-7H2. The van der Waals surface area contributed by atoms with Crippen LogP contribution in [0.4, 0.5) is 0 Å². The third kappa shape index (κ3) is 3.40. The van der Waals surface area contributed by atoms with Crippen LogP contribution in [0.2, 0.25) is 0 Å². The van der Waals surface area contributed by atoms with E-state index in [-0.39, 0.29) is 0 Å². The SMILES string of the molecule is ON=CCCC1CCCCC1. The lowest BCUT2D eigenvalue weighted by atomic mass is 9.86. The smallest absolute Gasteiger partial charge is 0.0436 e. The predicted molar refractivity (Wildman–Crippen MR) is 46.1 cm³/mol. The molecule has 0 unspecified atom stereocenters. The second-order valence-corrected chi connectivity index (χ2v) is 3.38. The first-order chi connectivity index (χ1) is 5.43.